The average molecular weight is 212 g/mol. The van der Waals surface area contributed by atoms with Crippen LogP contribution in [0.15, 0.2) is 36.7 Å². The Hall–Kier alpha value is -1.31. The Bertz CT molecular complexity index is 406. The summed E-state index contributed by atoms with van der Waals surface area (Å²) in [6.45, 7) is 2.50. The number of anilines is 1. The standard InChI is InChI=1S/C14H16N2/c1-2-11-7-10(1)13-8-16(9-14(11)13)12-3-5-15-6-4-12/h1-6,10-11,13-14H,7-9H2. The monoisotopic (exact) mass is 212 g/mol. The molecule has 1 saturated carbocycles. The molecule has 0 aromatic carbocycles. The van der Waals surface area contributed by atoms with Gasteiger partial charge < -0.3 is 4.90 Å². The molecule has 2 nitrogen and oxygen atoms in total. The Kier molecular flexibility index (Phi) is 1.70. The highest BCUT2D eigenvalue weighted by Gasteiger charge is 2.49. The number of aromatic nitrogens is 1. The minimum atomic E-state index is 0.877. The molecule has 0 radical (unpaired) electrons. The van der Waals surface area contributed by atoms with Crippen molar-refractivity contribution >= 4 is 5.69 Å². The zero-order valence-electron chi connectivity index (χ0n) is 9.29. The van der Waals surface area contributed by atoms with E-state index in [1.54, 1.807) is 0 Å². The SMILES string of the molecule is C1=CC2CC1C1CN(c3ccncc3)CC21. The van der Waals surface area contributed by atoms with Gasteiger partial charge in [-0.3, -0.25) is 4.98 Å². The Balaban J connectivity index is 1.60. The molecule has 2 heteroatoms. The fourth-order valence-electron chi connectivity index (χ4n) is 3.92. The minimum Gasteiger partial charge on any atom is -0.371 e. The molecular formula is C14H16N2. The van der Waals surface area contributed by atoms with Gasteiger partial charge in [0.2, 0.25) is 0 Å². The van der Waals surface area contributed by atoms with Crippen LogP contribution in [0, 0.1) is 23.7 Å². The third-order valence-corrected chi connectivity index (χ3v) is 4.69. The summed E-state index contributed by atoms with van der Waals surface area (Å²) in [6, 6.07) is 4.27. The molecule has 4 unspecified atom stereocenters. The van der Waals surface area contributed by atoms with Gasteiger partial charge in [-0.25, -0.2) is 0 Å². The Morgan fingerprint density at radius 2 is 1.62 bits per heavy atom. The van der Waals surface area contributed by atoms with Crippen molar-refractivity contribution in [3.63, 3.8) is 0 Å². The van der Waals surface area contributed by atoms with E-state index in [9.17, 15) is 0 Å². The summed E-state index contributed by atoms with van der Waals surface area (Å²) < 4.78 is 0. The first-order valence-corrected chi connectivity index (χ1v) is 6.25. The summed E-state index contributed by atoms with van der Waals surface area (Å²) in [4.78, 5) is 6.64. The summed E-state index contributed by atoms with van der Waals surface area (Å²) in [6.07, 6.45) is 10.1. The lowest BCUT2D eigenvalue weighted by Crippen LogP contribution is -2.22. The van der Waals surface area contributed by atoms with Crippen LogP contribution in [0.2, 0.25) is 0 Å². The van der Waals surface area contributed by atoms with E-state index in [2.05, 4.69) is 34.2 Å². The molecular weight excluding hydrogens is 196 g/mol. The van der Waals surface area contributed by atoms with Crippen LogP contribution in [-0.2, 0) is 0 Å². The van der Waals surface area contributed by atoms with Gasteiger partial charge in [-0.15, -0.1) is 0 Å². The van der Waals surface area contributed by atoms with Crippen LogP contribution in [-0.4, -0.2) is 18.1 Å². The van der Waals surface area contributed by atoms with Crippen LogP contribution < -0.4 is 4.90 Å². The topological polar surface area (TPSA) is 16.1 Å². The lowest BCUT2D eigenvalue weighted by Gasteiger charge is -2.20. The zero-order valence-corrected chi connectivity index (χ0v) is 9.29. The lowest BCUT2D eigenvalue weighted by molar-refractivity contribution is 0.395. The number of hydrogen-bond acceptors (Lipinski definition) is 2. The van der Waals surface area contributed by atoms with Gasteiger partial charge in [0.1, 0.15) is 0 Å². The number of pyridine rings is 1. The molecule has 2 aliphatic carbocycles. The molecule has 2 bridgehead atoms. The maximum Gasteiger partial charge on any atom is 0.0397 e. The van der Waals surface area contributed by atoms with Gasteiger partial charge in [-0.1, -0.05) is 12.2 Å². The largest absolute Gasteiger partial charge is 0.371 e. The molecule has 0 amide bonds. The van der Waals surface area contributed by atoms with Crippen molar-refractivity contribution in [3.8, 4) is 0 Å². The average Bonchev–Trinajstić information content (AvgIpc) is 3.02. The van der Waals surface area contributed by atoms with Gasteiger partial charge in [0, 0.05) is 31.2 Å². The molecule has 1 saturated heterocycles. The van der Waals surface area contributed by atoms with E-state index >= 15 is 0 Å². The van der Waals surface area contributed by atoms with E-state index in [1.807, 2.05) is 12.4 Å². The van der Waals surface area contributed by atoms with Crippen molar-refractivity contribution in [2.75, 3.05) is 18.0 Å². The Morgan fingerprint density at radius 3 is 2.25 bits per heavy atom. The second-order valence-corrected chi connectivity index (χ2v) is 5.39. The van der Waals surface area contributed by atoms with E-state index in [4.69, 9.17) is 0 Å². The van der Waals surface area contributed by atoms with Gasteiger partial charge in [0.15, 0.2) is 0 Å². The predicted octanol–water partition coefficient (Wildman–Crippen LogP) is 2.34. The Labute approximate surface area is 96.0 Å². The second kappa shape index (κ2) is 3.09. The first kappa shape index (κ1) is 8.80. The number of allylic oxidation sites excluding steroid dienone is 2. The smallest absolute Gasteiger partial charge is 0.0397 e. The van der Waals surface area contributed by atoms with Gasteiger partial charge in [0.25, 0.3) is 0 Å². The first-order valence-electron chi connectivity index (χ1n) is 6.25. The van der Waals surface area contributed by atoms with Crippen LogP contribution >= 0.6 is 0 Å². The molecule has 1 aliphatic heterocycles. The van der Waals surface area contributed by atoms with Crippen molar-refractivity contribution in [1.82, 2.24) is 4.98 Å². The second-order valence-electron chi connectivity index (χ2n) is 5.39. The van der Waals surface area contributed by atoms with Crippen molar-refractivity contribution in [2.24, 2.45) is 23.7 Å². The summed E-state index contributed by atoms with van der Waals surface area (Å²) in [7, 11) is 0. The van der Waals surface area contributed by atoms with Crippen molar-refractivity contribution in [1.29, 1.82) is 0 Å². The maximum absolute atomic E-state index is 4.09. The van der Waals surface area contributed by atoms with Gasteiger partial charge in [0.05, 0.1) is 0 Å². The van der Waals surface area contributed by atoms with Crippen LogP contribution in [0.4, 0.5) is 5.69 Å². The van der Waals surface area contributed by atoms with Crippen LogP contribution in [0.3, 0.4) is 0 Å². The molecule has 4 rings (SSSR count). The fraction of sp³-hybridized carbons (Fsp3) is 0.500. The summed E-state index contributed by atoms with van der Waals surface area (Å²) >= 11 is 0. The first-order chi connectivity index (χ1) is 7.92. The highest BCUT2D eigenvalue weighted by atomic mass is 15.2. The zero-order chi connectivity index (χ0) is 10.5. The minimum absolute atomic E-state index is 0.877. The third kappa shape index (κ3) is 1.10. The number of rotatable bonds is 1. The van der Waals surface area contributed by atoms with Gasteiger partial charge >= 0.3 is 0 Å². The van der Waals surface area contributed by atoms with Crippen molar-refractivity contribution in [3.05, 3.63) is 36.7 Å². The number of nitrogens with zero attached hydrogens (tertiary/aromatic N) is 2. The molecule has 2 heterocycles. The van der Waals surface area contributed by atoms with Gasteiger partial charge in [-0.05, 0) is 42.2 Å². The number of fused-ring (bicyclic) bond motifs is 5. The third-order valence-electron chi connectivity index (χ3n) is 4.69. The predicted molar refractivity (Wildman–Crippen MR) is 64.2 cm³/mol. The van der Waals surface area contributed by atoms with Crippen LogP contribution in [0.5, 0.6) is 0 Å². The molecule has 3 aliphatic rings. The van der Waals surface area contributed by atoms with E-state index in [1.165, 1.54) is 25.2 Å². The Morgan fingerprint density at radius 1 is 1.00 bits per heavy atom. The summed E-state index contributed by atoms with van der Waals surface area (Å²) in [5.41, 5.74) is 1.35. The molecule has 82 valence electrons. The summed E-state index contributed by atoms with van der Waals surface area (Å²) in [5.74, 6) is 3.59. The van der Waals surface area contributed by atoms with Crippen LogP contribution in [0.1, 0.15) is 6.42 Å². The molecule has 16 heavy (non-hydrogen) atoms. The fourth-order valence-corrected chi connectivity index (χ4v) is 3.92. The lowest BCUT2D eigenvalue weighted by atomic mass is 9.86. The normalized spacial score (nSPS) is 39.4. The van der Waals surface area contributed by atoms with E-state index in [0.29, 0.717) is 0 Å². The molecule has 2 fully saturated rings. The molecule has 1 aromatic rings. The number of hydrogen-bond donors (Lipinski definition) is 0. The highest BCUT2D eigenvalue weighted by Crippen LogP contribution is 2.51. The summed E-state index contributed by atoms with van der Waals surface area (Å²) in [5, 5.41) is 0. The van der Waals surface area contributed by atoms with E-state index in [-0.39, 0.29) is 0 Å². The molecule has 0 N–H and O–H groups in total. The van der Waals surface area contributed by atoms with E-state index in [0.717, 1.165) is 23.7 Å². The van der Waals surface area contributed by atoms with Gasteiger partial charge in [-0.2, -0.15) is 0 Å². The molecule has 0 spiro atoms. The van der Waals surface area contributed by atoms with Crippen molar-refractivity contribution < 1.29 is 0 Å². The van der Waals surface area contributed by atoms with E-state index < -0.39 is 0 Å². The highest BCUT2D eigenvalue weighted by molar-refractivity contribution is 5.47. The molecule has 1 aromatic heterocycles. The van der Waals surface area contributed by atoms with Crippen LogP contribution in [0.25, 0.3) is 0 Å². The maximum atomic E-state index is 4.09. The molecule has 4 atom stereocenters. The quantitative estimate of drug-likeness (QED) is 0.664. The van der Waals surface area contributed by atoms with Crippen molar-refractivity contribution in [2.45, 2.75) is 6.42 Å².